The second-order valence-corrected chi connectivity index (χ2v) is 5.86. The predicted octanol–water partition coefficient (Wildman–Crippen LogP) is 0.517. The summed E-state index contributed by atoms with van der Waals surface area (Å²) in [4.78, 5) is 10.6. The summed E-state index contributed by atoms with van der Waals surface area (Å²) in [5, 5.41) is 2.46. The van der Waals surface area contributed by atoms with E-state index in [1.54, 1.807) is 4.72 Å². The molecule has 0 aliphatic carbocycles. The van der Waals surface area contributed by atoms with E-state index in [2.05, 4.69) is 5.32 Å². The fourth-order valence-corrected chi connectivity index (χ4v) is 2.34. The third-order valence-corrected chi connectivity index (χ3v) is 3.72. The molecular formula is C11H15F2N3O3S. The molecule has 4 N–H and O–H groups in total. The first kappa shape index (κ1) is 16.5. The van der Waals surface area contributed by atoms with Crippen molar-refractivity contribution in [2.24, 2.45) is 5.73 Å². The summed E-state index contributed by atoms with van der Waals surface area (Å²) in [7, 11) is -4.05. The van der Waals surface area contributed by atoms with E-state index in [1.165, 1.54) is 31.2 Å². The predicted molar refractivity (Wildman–Crippen MR) is 69.9 cm³/mol. The SMILES string of the molecule is CC(=O)Nc1ccc(S(=O)(=O)NCC(F)(F)CN)cc1. The van der Waals surface area contributed by atoms with Crippen LogP contribution in [0.4, 0.5) is 14.5 Å². The lowest BCUT2D eigenvalue weighted by Crippen LogP contribution is -2.41. The van der Waals surface area contributed by atoms with Crippen molar-refractivity contribution in [1.82, 2.24) is 4.72 Å². The molecule has 1 rings (SSSR count). The molecule has 0 radical (unpaired) electrons. The van der Waals surface area contributed by atoms with Crippen LogP contribution < -0.4 is 15.8 Å². The van der Waals surface area contributed by atoms with Crippen molar-refractivity contribution >= 4 is 21.6 Å². The maximum atomic E-state index is 12.9. The molecule has 0 heterocycles. The number of carbonyl (C=O) groups excluding carboxylic acids is 1. The van der Waals surface area contributed by atoms with Gasteiger partial charge in [-0.3, -0.25) is 4.79 Å². The zero-order valence-corrected chi connectivity index (χ0v) is 11.5. The standard InChI is InChI=1S/C11H15F2N3O3S/c1-8(17)16-9-2-4-10(5-3-9)20(18,19)15-7-11(12,13)6-14/h2-5,15H,6-7,14H2,1H3,(H,16,17). The van der Waals surface area contributed by atoms with Crippen LogP contribution in [0.5, 0.6) is 0 Å². The van der Waals surface area contributed by atoms with Gasteiger partial charge in [-0.2, -0.15) is 0 Å². The molecule has 0 unspecified atom stereocenters. The highest BCUT2D eigenvalue weighted by Crippen LogP contribution is 2.15. The largest absolute Gasteiger partial charge is 0.326 e. The van der Waals surface area contributed by atoms with Crippen LogP contribution in [0.1, 0.15) is 6.92 Å². The summed E-state index contributed by atoms with van der Waals surface area (Å²) >= 11 is 0. The highest BCUT2D eigenvalue weighted by Gasteiger charge is 2.29. The topological polar surface area (TPSA) is 101 Å². The zero-order chi connectivity index (χ0) is 15.4. The second-order valence-electron chi connectivity index (χ2n) is 4.09. The van der Waals surface area contributed by atoms with E-state index in [0.717, 1.165) is 0 Å². The maximum absolute atomic E-state index is 12.9. The van der Waals surface area contributed by atoms with E-state index in [-0.39, 0.29) is 10.8 Å². The van der Waals surface area contributed by atoms with Crippen LogP contribution in [-0.4, -0.2) is 33.3 Å². The molecule has 0 bridgehead atoms. The average Bonchev–Trinajstić information content (AvgIpc) is 2.37. The van der Waals surface area contributed by atoms with Gasteiger partial charge in [-0.15, -0.1) is 0 Å². The monoisotopic (exact) mass is 307 g/mol. The molecule has 0 aromatic heterocycles. The van der Waals surface area contributed by atoms with Gasteiger partial charge in [0.1, 0.15) is 0 Å². The minimum Gasteiger partial charge on any atom is -0.326 e. The first-order chi connectivity index (χ1) is 9.16. The van der Waals surface area contributed by atoms with Crippen molar-refractivity contribution in [2.75, 3.05) is 18.4 Å². The molecule has 112 valence electrons. The number of amides is 1. The molecule has 9 heteroatoms. The Labute approximate surface area is 115 Å². The number of benzene rings is 1. The lowest BCUT2D eigenvalue weighted by atomic mass is 10.3. The van der Waals surface area contributed by atoms with Crippen molar-refractivity contribution in [2.45, 2.75) is 17.7 Å². The lowest BCUT2D eigenvalue weighted by Gasteiger charge is -2.14. The molecule has 0 saturated carbocycles. The molecule has 0 saturated heterocycles. The van der Waals surface area contributed by atoms with Gasteiger partial charge in [0.25, 0.3) is 5.92 Å². The molecule has 0 aliphatic heterocycles. The van der Waals surface area contributed by atoms with E-state index < -0.39 is 29.0 Å². The summed E-state index contributed by atoms with van der Waals surface area (Å²) in [5.41, 5.74) is 5.22. The normalized spacial score (nSPS) is 12.2. The van der Waals surface area contributed by atoms with Crippen LogP contribution in [0.2, 0.25) is 0 Å². The van der Waals surface area contributed by atoms with Gasteiger partial charge in [0.15, 0.2) is 0 Å². The van der Waals surface area contributed by atoms with E-state index in [9.17, 15) is 22.0 Å². The van der Waals surface area contributed by atoms with Gasteiger partial charge in [-0.1, -0.05) is 0 Å². The minimum atomic E-state index is -4.05. The maximum Gasteiger partial charge on any atom is 0.273 e. The second kappa shape index (κ2) is 6.25. The number of sulfonamides is 1. The Bertz CT molecular complexity index is 573. The Kier molecular flexibility index (Phi) is 5.15. The summed E-state index contributed by atoms with van der Waals surface area (Å²) in [6.07, 6.45) is 0. The number of nitrogens with two attached hydrogens (primary N) is 1. The van der Waals surface area contributed by atoms with Gasteiger partial charge >= 0.3 is 0 Å². The number of rotatable bonds is 6. The molecule has 0 aliphatic rings. The van der Waals surface area contributed by atoms with Crippen molar-refractivity contribution < 1.29 is 22.0 Å². The molecule has 1 aromatic rings. The van der Waals surface area contributed by atoms with Crippen LogP contribution in [-0.2, 0) is 14.8 Å². The molecule has 1 amide bonds. The number of alkyl halides is 2. The summed E-state index contributed by atoms with van der Waals surface area (Å²) in [6, 6.07) is 5.12. The number of halogens is 2. The Hall–Kier alpha value is -1.58. The molecule has 6 nitrogen and oxygen atoms in total. The van der Waals surface area contributed by atoms with Crippen molar-refractivity contribution in [3.05, 3.63) is 24.3 Å². The Morgan fingerprint density at radius 1 is 1.30 bits per heavy atom. The number of anilines is 1. The van der Waals surface area contributed by atoms with E-state index >= 15 is 0 Å². The van der Waals surface area contributed by atoms with E-state index in [4.69, 9.17) is 5.73 Å². The Morgan fingerprint density at radius 2 is 1.85 bits per heavy atom. The van der Waals surface area contributed by atoms with Gasteiger partial charge in [0, 0.05) is 12.6 Å². The van der Waals surface area contributed by atoms with Crippen molar-refractivity contribution in [3.63, 3.8) is 0 Å². The first-order valence-electron chi connectivity index (χ1n) is 5.61. The van der Waals surface area contributed by atoms with Crippen LogP contribution in [0.3, 0.4) is 0 Å². The molecule has 0 spiro atoms. The van der Waals surface area contributed by atoms with Gasteiger partial charge in [-0.25, -0.2) is 21.9 Å². The van der Waals surface area contributed by atoms with Crippen LogP contribution >= 0.6 is 0 Å². The lowest BCUT2D eigenvalue weighted by molar-refractivity contribution is -0.114. The van der Waals surface area contributed by atoms with Crippen LogP contribution in [0, 0.1) is 0 Å². The van der Waals surface area contributed by atoms with Crippen molar-refractivity contribution in [1.29, 1.82) is 0 Å². The Morgan fingerprint density at radius 3 is 2.30 bits per heavy atom. The number of nitrogens with one attached hydrogen (secondary N) is 2. The molecular weight excluding hydrogens is 292 g/mol. The molecule has 1 aromatic carbocycles. The van der Waals surface area contributed by atoms with Gasteiger partial charge in [0.05, 0.1) is 18.0 Å². The average molecular weight is 307 g/mol. The van der Waals surface area contributed by atoms with Crippen LogP contribution in [0.15, 0.2) is 29.2 Å². The molecule has 0 fully saturated rings. The number of hydrogen-bond donors (Lipinski definition) is 3. The fourth-order valence-electron chi connectivity index (χ4n) is 1.28. The zero-order valence-electron chi connectivity index (χ0n) is 10.7. The summed E-state index contributed by atoms with van der Waals surface area (Å²) in [6.45, 7) is -0.711. The fraction of sp³-hybridized carbons (Fsp3) is 0.364. The van der Waals surface area contributed by atoms with Crippen LogP contribution in [0.25, 0.3) is 0 Å². The highest BCUT2D eigenvalue weighted by molar-refractivity contribution is 7.89. The minimum absolute atomic E-state index is 0.181. The quantitative estimate of drug-likeness (QED) is 0.713. The number of hydrogen-bond acceptors (Lipinski definition) is 4. The van der Waals surface area contributed by atoms with Crippen molar-refractivity contribution in [3.8, 4) is 0 Å². The summed E-state index contributed by atoms with van der Waals surface area (Å²) < 4.78 is 51.1. The third kappa shape index (κ3) is 4.83. The third-order valence-electron chi connectivity index (χ3n) is 2.30. The Balaban J connectivity index is 2.80. The summed E-state index contributed by atoms with van der Waals surface area (Å²) in [5.74, 6) is -3.61. The van der Waals surface area contributed by atoms with E-state index in [0.29, 0.717) is 5.69 Å². The number of carbonyl (C=O) groups is 1. The first-order valence-corrected chi connectivity index (χ1v) is 7.10. The molecule has 20 heavy (non-hydrogen) atoms. The van der Waals surface area contributed by atoms with E-state index in [1.807, 2.05) is 0 Å². The van der Waals surface area contributed by atoms with Gasteiger partial charge in [-0.05, 0) is 24.3 Å². The molecule has 0 atom stereocenters. The van der Waals surface area contributed by atoms with Gasteiger partial charge in [0.2, 0.25) is 15.9 Å². The highest BCUT2D eigenvalue weighted by atomic mass is 32.2. The van der Waals surface area contributed by atoms with Gasteiger partial charge < -0.3 is 11.1 Å². The smallest absolute Gasteiger partial charge is 0.273 e.